The molecule has 0 saturated heterocycles. The Labute approximate surface area is 160 Å². The Kier molecular flexibility index (Phi) is 17.5. The number of ether oxygens (including phenoxy) is 2. The Balaban J connectivity index is 3.48. The number of hydrogen-bond acceptors (Lipinski definition) is 4. The summed E-state index contributed by atoms with van der Waals surface area (Å²) in [7, 11) is 1.29. The van der Waals surface area contributed by atoms with Gasteiger partial charge in [-0.15, -0.1) is 0 Å². The van der Waals surface area contributed by atoms with Crippen LogP contribution in [0.25, 0.3) is 0 Å². The highest BCUT2D eigenvalue weighted by Crippen LogP contribution is 2.13. The lowest BCUT2D eigenvalue weighted by Gasteiger charge is -2.10. The zero-order valence-electron chi connectivity index (χ0n) is 17.3. The van der Waals surface area contributed by atoms with Crippen LogP contribution < -0.4 is 0 Å². The van der Waals surface area contributed by atoms with E-state index in [1.54, 1.807) is 6.08 Å². The molecular formula is C22H40O4. The highest BCUT2D eigenvalue weighted by molar-refractivity contribution is 5.80. The van der Waals surface area contributed by atoms with Crippen molar-refractivity contribution in [3.63, 3.8) is 0 Å². The van der Waals surface area contributed by atoms with Gasteiger partial charge in [0.15, 0.2) is 0 Å². The average molecular weight is 369 g/mol. The normalized spacial score (nSPS) is 12.3. The summed E-state index contributed by atoms with van der Waals surface area (Å²) in [5.74, 6) is -1.02. The number of carbonyl (C=O) groups is 2. The van der Waals surface area contributed by atoms with Crippen molar-refractivity contribution < 1.29 is 19.1 Å². The van der Waals surface area contributed by atoms with E-state index in [0.29, 0.717) is 0 Å². The van der Waals surface area contributed by atoms with E-state index >= 15 is 0 Å². The van der Waals surface area contributed by atoms with Crippen LogP contribution in [0.2, 0.25) is 0 Å². The van der Waals surface area contributed by atoms with Crippen LogP contribution in [0.15, 0.2) is 12.2 Å². The van der Waals surface area contributed by atoms with Crippen LogP contribution in [0.3, 0.4) is 0 Å². The summed E-state index contributed by atoms with van der Waals surface area (Å²) in [4.78, 5) is 22.4. The first-order valence-corrected chi connectivity index (χ1v) is 10.5. The van der Waals surface area contributed by atoms with Crippen molar-refractivity contribution in [2.45, 2.75) is 110 Å². The molecule has 0 heterocycles. The van der Waals surface area contributed by atoms with Crippen LogP contribution in [-0.4, -0.2) is 25.2 Å². The van der Waals surface area contributed by atoms with Crippen molar-refractivity contribution in [1.82, 2.24) is 0 Å². The third kappa shape index (κ3) is 16.2. The van der Waals surface area contributed by atoms with Crippen molar-refractivity contribution in [3.8, 4) is 0 Å². The summed E-state index contributed by atoms with van der Waals surface area (Å²) < 4.78 is 9.54. The summed E-state index contributed by atoms with van der Waals surface area (Å²) in [5, 5.41) is 0. The largest absolute Gasteiger partial charge is 0.466 e. The minimum Gasteiger partial charge on any atom is -0.466 e. The zero-order chi connectivity index (χ0) is 19.5. The molecule has 152 valence electrons. The van der Waals surface area contributed by atoms with Gasteiger partial charge < -0.3 is 9.47 Å². The number of esters is 2. The van der Waals surface area contributed by atoms with Gasteiger partial charge >= 0.3 is 11.9 Å². The predicted octanol–water partition coefficient (Wildman–Crippen LogP) is 6.13. The lowest BCUT2D eigenvalue weighted by Crippen LogP contribution is -2.25. The molecule has 0 aliphatic rings. The molecule has 0 rings (SSSR count). The minimum atomic E-state index is -0.917. The maximum atomic E-state index is 11.5. The van der Waals surface area contributed by atoms with E-state index in [1.165, 1.54) is 91.1 Å². The Morgan fingerprint density at radius 3 is 1.69 bits per heavy atom. The van der Waals surface area contributed by atoms with Crippen molar-refractivity contribution >= 4 is 11.9 Å². The van der Waals surface area contributed by atoms with E-state index in [2.05, 4.69) is 11.7 Å². The molecule has 0 amide bonds. The number of rotatable bonds is 17. The van der Waals surface area contributed by atoms with Gasteiger partial charge in [-0.2, -0.15) is 0 Å². The average Bonchev–Trinajstić information content (AvgIpc) is 2.62. The van der Waals surface area contributed by atoms with Gasteiger partial charge in [0.2, 0.25) is 6.10 Å². The van der Waals surface area contributed by atoms with E-state index in [-0.39, 0.29) is 0 Å². The molecule has 0 spiro atoms. The molecule has 4 nitrogen and oxygen atoms in total. The maximum Gasteiger partial charge on any atom is 0.351 e. The highest BCUT2D eigenvalue weighted by Gasteiger charge is 2.18. The summed E-state index contributed by atoms with van der Waals surface area (Å²) in [5.41, 5.74) is 0. The topological polar surface area (TPSA) is 52.6 Å². The fraction of sp³-hybridized carbons (Fsp3) is 0.818. The summed E-state index contributed by atoms with van der Waals surface area (Å²) >= 11 is 0. The van der Waals surface area contributed by atoms with Crippen LogP contribution >= 0.6 is 0 Å². The van der Waals surface area contributed by atoms with E-state index in [9.17, 15) is 9.59 Å². The monoisotopic (exact) mass is 368 g/mol. The molecule has 26 heavy (non-hydrogen) atoms. The molecule has 0 aromatic rings. The van der Waals surface area contributed by atoms with Crippen molar-refractivity contribution in [2.75, 3.05) is 7.11 Å². The Bertz CT molecular complexity index is 376. The standard InChI is InChI=1S/C22H40O4/c1-4-5-6-7-8-9-10-11-12-13-14-15-16-17-18-19-21(22(24)25-3)26-20(2)23/h18-19,21H,4-17H2,1-3H3/b19-18+/t21-/m1/s1. The molecule has 1 atom stereocenters. The van der Waals surface area contributed by atoms with Crippen molar-refractivity contribution in [1.29, 1.82) is 0 Å². The molecular weight excluding hydrogens is 328 g/mol. The third-order valence-corrected chi connectivity index (χ3v) is 4.51. The van der Waals surface area contributed by atoms with Crippen LogP contribution in [0.1, 0.15) is 104 Å². The second kappa shape index (κ2) is 18.5. The highest BCUT2D eigenvalue weighted by atomic mass is 16.6. The summed E-state index contributed by atoms with van der Waals surface area (Å²) in [6, 6.07) is 0. The molecule has 0 aliphatic heterocycles. The quantitative estimate of drug-likeness (QED) is 0.176. The van der Waals surface area contributed by atoms with E-state index in [1.807, 2.05) is 6.08 Å². The first-order chi connectivity index (χ1) is 12.6. The summed E-state index contributed by atoms with van der Waals surface area (Å²) in [6.07, 6.45) is 20.9. The van der Waals surface area contributed by atoms with Crippen LogP contribution in [0, 0.1) is 0 Å². The van der Waals surface area contributed by atoms with Crippen LogP contribution in [0.4, 0.5) is 0 Å². The zero-order valence-corrected chi connectivity index (χ0v) is 17.3. The number of unbranched alkanes of at least 4 members (excludes halogenated alkanes) is 13. The van der Waals surface area contributed by atoms with Gasteiger partial charge in [0.25, 0.3) is 0 Å². The third-order valence-electron chi connectivity index (χ3n) is 4.51. The molecule has 0 aromatic carbocycles. The number of hydrogen-bond donors (Lipinski definition) is 0. The number of carbonyl (C=O) groups excluding carboxylic acids is 2. The van der Waals surface area contributed by atoms with E-state index < -0.39 is 18.0 Å². The van der Waals surface area contributed by atoms with Gasteiger partial charge in [-0.1, -0.05) is 90.0 Å². The number of methoxy groups -OCH3 is 1. The Hall–Kier alpha value is -1.32. The van der Waals surface area contributed by atoms with Gasteiger partial charge in [-0.25, -0.2) is 4.79 Å². The molecule has 0 N–H and O–H groups in total. The molecule has 0 aromatic heterocycles. The van der Waals surface area contributed by atoms with E-state index in [0.717, 1.165) is 12.8 Å². The minimum absolute atomic E-state index is 0.481. The predicted molar refractivity (Wildman–Crippen MR) is 107 cm³/mol. The smallest absolute Gasteiger partial charge is 0.351 e. The second-order valence-electron chi connectivity index (χ2n) is 7.01. The molecule has 0 aliphatic carbocycles. The molecule has 0 bridgehead atoms. The molecule has 4 heteroatoms. The number of allylic oxidation sites excluding steroid dienone is 1. The van der Waals surface area contributed by atoms with Gasteiger partial charge in [-0.05, 0) is 18.9 Å². The lowest BCUT2D eigenvalue weighted by molar-refractivity contribution is -0.161. The first-order valence-electron chi connectivity index (χ1n) is 10.5. The van der Waals surface area contributed by atoms with Crippen molar-refractivity contribution in [3.05, 3.63) is 12.2 Å². The van der Waals surface area contributed by atoms with Gasteiger partial charge in [0.05, 0.1) is 7.11 Å². The lowest BCUT2D eigenvalue weighted by atomic mass is 10.0. The van der Waals surface area contributed by atoms with Gasteiger partial charge in [0, 0.05) is 6.92 Å². The summed E-state index contributed by atoms with van der Waals surface area (Å²) in [6.45, 7) is 3.55. The van der Waals surface area contributed by atoms with Gasteiger partial charge in [-0.3, -0.25) is 4.79 Å². The van der Waals surface area contributed by atoms with Crippen molar-refractivity contribution in [2.24, 2.45) is 0 Å². The van der Waals surface area contributed by atoms with Gasteiger partial charge in [0.1, 0.15) is 0 Å². The first kappa shape index (κ1) is 24.7. The molecule has 0 fully saturated rings. The maximum absolute atomic E-state index is 11.5. The Morgan fingerprint density at radius 2 is 1.27 bits per heavy atom. The Morgan fingerprint density at radius 1 is 0.808 bits per heavy atom. The molecule has 0 radical (unpaired) electrons. The molecule has 0 saturated carbocycles. The van der Waals surface area contributed by atoms with Crippen LogP contribution in [-0.2, 0) is 19.1 Å². The SMILES string of the molecule is CCCCCCCCCCCCCCC/C=C/[C@@H](OC(C)=O)C(=O)OC. The molecule has 0 unspecified atom stereocenters. The fourth-order valence-corrected chi connectivity index (χ4v) is 2.96. The van der Waals surface area contributed by atoms with Crippen LogP contribution in [0.5, 0.6) is 0 Å². The van der Waals surface area contributed by atoms with E-state index in [4.69, 9.17) is 4.74 Å². The second-order valence-corrected chi connectivity index (χ2v) is 7.01. The fourth-order valence-electron chi connectivity index (χ4n) is 2.96.